The maximum absolute atomic E-state index is 12.9. The molecule has 5 rings (SSSR count). The number of piperidine rings is 1. The fourth-order valence-electron chi connectivity index (χ4n) is 5.54. The van der Waals surface area contributed by atoms with Gasteiger partial charge < -0.3 is 9.80 Å². The minimum absolute atomic E-state index is 0.108. The van der Waals surface area contributed by atoms with Gasteiger partial charge in [-0.25, -0.2) is 0 Å². The molecule has 0 radical (unpaired) electrons. The summed E-state index contributed by atoms with van der Waals surface area (Å²) in [7, 11) is 0. The fourth-order valence-corrected chi connectivity index (χ4v) is 5.54. The van der Waals surface area contributed by atoms with Gasteiger partial charge in [0.2, 0.25) is 11.8 Å². The Bertz CT molecular complexity index is 906. The zero-order valence-electron chi connectivity index (χ0n) is 17.3. The van der Waals surface area contributed by atoms with Gasteiger partial charge in [-0.2, -0.15) is 0 Å². The molecule has 0 saturated carbocycles. The van der Waals surface area contributed by atoms with Crippen LogP contribution in [-0.2, 0) is 16.1 Å². The van der Waals surface area contributed by atoms with E-state index in [9.17, 15) is 14.4 Å². The molecule has 7 nitrogen and oxygen atoms in total. The molecular formula is C22H28N4O3. The predicted molar refractivity (Wildman–Crippen MR) is 108 cm³/mol. The maximum atomic E-state index is 12.9. The van der Waals surface area contributed by atoms with E-state index in [1.165, 1.54) is 12.1 Å². The van der Waals surface area contributed by atoms with Gasteiger partial charge in [-0.3, -0.25) is 24.6 Å². The smallest absolute Gasteiger partial charge is 0.255 e. The molecule has 3 saturated heterocycles. The molecule has 0 spiro atoms. The van der Waals surface area contributed by atoms with Gasteiger partial charge in [0, 0.05) is 54.9 Å². The van der Waals surface area contributed by atoms with Crippen LogP contribution in [0.1, 0.15) is 56.0 Å². The highest BCUT2D eigenvalue weighted by molar-refractivity contribution is 6.05. The number of piperazine rings is 1. The summed E-state index contributed by atoms with van der Waals surface area (Å²) in [6.07, 6.45) is 1.87. The molecule has 3 amide bonds. The number of benzene rings is 1. The van der Waals surface area contributed by atoms with Crippen molar-refractivity contribution in [2.24, 2.45) is 0 Å². The largest absolute Gasteiger partial charge is 0.366 e. The molecule has 154 valence electrons. The Balaban J connectivity index is 1.34. The first-order chi connectivity index (χ1) is 13.7. The third kappa shape index (κ3) is 2.94. The van der Waals surface area contributed by atoms with Crippen molar-refractivity contribution < 1.29 is 14.4 Å². The Morgan fingerprint density at radius 2 is 1.83 bits per heavy atom. The van der Waals surface area contributed by atoms with Gasteiger partial charge >= 0.3 is 0 Å². The van der Waals surface area contributed by atoms with Crippen molar-refractivity contribution in [2.45, 2.75) is 70.2 Å². The Hall–Kier alpha value is -2.41. The van der Waals surface area contributed by atoms with Gasteiger partial charge in [0.15, 0.2) is 0 Å². The predicted octanol–water partition coefficient (Wildman–Crippen LogP) is 1.51. The van der Waals surface area contributed by atoms with E-state index in [0.717, 1.165) is 18.7 Å². The number of likely N-dealkylation sites (tertiary alicyclic amines) is 1. The number of carbonyl (C=O) groups is 3. The second-order valence-corrected chi connectivity index (χ2v) is 9.76. The van der Waals surface area contributed by atoms with Crippen molar-refractivity contribution in [2.75, 3.05) is 18.0 Å². The molecule has 7 heteroatoms. The lowest BCUT2D eigenvalue weighted by molar-refractivity contribution is -0.136. The molecular weight excluding hydrogens is 368 g/mol. The number of amides is 3. The zero-order chi connectivity index (χ0) is 20.5. The number of hydrogen-bond donors (Lipinski definition) is 1. The van der Waals surface area contributed by atoms with E-state index in [4.69, 9.17) is 0 Å². The summed E-state index contributed by atoms with van der Waals surface area (Å²) in [6, 6.07) is 6.62. The average Bonchev–Trinajstić information content (AvgIpc) is 3.34. The van der Waals surface area contributed by atoms with Gasteiger partial charge in [-0.05, 0) is 57.4 Å². The van der Waals surface area contributed by atoms with Crippen LogP contribution in [0, 0.1) is 0 Å². The van der Waals surface area contributed by atoms with Crippen molar-refractivity contribution in [3.8, 4) is 0 Å². The van der Waals surface area contributed by atoms with Crippen LogP contribution >= 0.6 is 0 Å². The molecule has 4 aliphatic rings. The highest BCUT2D eigenvalue weighted by atomic mass is 16.2. The number of nitrogens with one attached hydrogen (secondary N) is 1. The Kier molecular flexibility index (Phi) is 4.04. The molecule has 3 atom stereocenters. The summed E-state index contributed by atoms with van der Waals surface area (Å²) in [6.45, 7) is 9.37. The van der Waals surface area contributed by atoms with Crippen molar-refractivity contribution in [3.63, 3.8) is 0 Å². The standard InChI is InChI=1S/C22H28N4O3/c1-22(2,3)26-12-15-9-16(26)11-24(15)14-4-5-17-13(8-14)10-25(21(17)29)18-6-7-19(27)23-20(18)28/h4-5,8,15-16,18H,6-7,9-12H2,1-3H3,(H,23,27,28)/t15-,16-,18-/m0/s1. The molecule has 0 aromatic heterocycles. The number of imide groups is 1. The van der Waals surface area contributed by atoms with Crippen LogP contribution in [0.5, 0.6) is 0 Å². The van der Waals surface area contributed by atoms with E-state index in [2.05, 4.69) is 42.0 Å². The van der Waals surface area contributed by atoms with Crippen LogP contribution in [0.3, 0.4) is 0 Å². The molecule has 1 aromatic carbocycles. The molecule has 3 fully saturated rings. The quantitative estimate of drug-likeness (QED) is 0.768. The molecule has 4 aliphatic heterocycles. The van der Waals surface area contributed by atoms with E-state index >= 15 is 0 Å². The Morgan fingerprint density at radius 1 is 1.03 bits per heavy atom. The van der Waals surface area contributed by atoms with Crippen LogP contribution < -0.4 is 10.2 Å². The second kappa shape index (κ2) is 6.29. The van der Waals surface area contributed by atoms with Crippen molar-refractivity contribution in [1.82, 2.24) is 15.1 Å². The summed E-state index contributed by atoms with van der Waals surface area (Å²) in [5.41, 5.74) is 3.02. The van der Waals surface area contributed by atoms with Gasteiger partial charge in [-0.1, -0.05) is 0 Å². The first kappa shape index (κ1) is 18.6. The lowest BCUT2D eigenvalue weighted by Gasteiger charge is -2.42. The van der Waals surface area contributed by atoms with E-state index in [0.29, 0.717) is 30.6 Å². The van der Waals surface area contributed by atoms with Crippen LogP contribution in [-0.4, -0.2) is 64.3 Å². The monoisotopic (exact) mass is 396 g/mol. The average molecular weight is 396 g/mol. The summed E-state index contributed by atoms with van der Waals surface area (Å²) < 4.78 is 0. The highest BCUT2D eigenvalue weighted by Gasteiger charge is 2.47. The van der Waals surface area contributed by atoms with Crippen LogP contribution in [0.25, 0.3) is 0 Å². The maximum Gasteiger partial charge on any atom is 0.255 e. The fraction of sp³-hybridized carbons (Fsp3) is 0.591. The number of fused-ring (bicyclic) bond motifs is 3. The van der Waals surface area contributed by atoms with Crippen molar-refractivity contribution >= 4 is 23.4 Å². The molecule has 4 heterocycles. The van der Waals surface area contributed by atoms with E-state index < -0.39 is 6.04 Å². The zero-order valence-corrected chi connectivity index (χ0v) is 17.3. The SMILES string of the molecule is CC(C)(C)N1C[C@@H]2C[C@H]1CN2c1ccc2c(c1)CN([C@H]1CCC(=O)NC1=O)C2=O. The number of anilines is 1. The minimum atomic E-state index is -0.556. The summed E-state index contributed by atoms with van der Waals surface area (Å²) >= 11 is 0. The molecule has 0 unspecified atom stereocenters. The van der Waals surface area contributed by atoms with Crippen LogP contribution in [0.4, 0.5) is 5.69 Å². The molecule has 1 aromatic rings. The van der Waals surface area contributed by atoms with Crippen LogP contribution in [0.2, 0.25) is 0 Å². The molecule has 1 N–H and O–H groups in total. The van der Waals surface area contributed by atoms with Crippen molar-refractivity contribution in [3.05, 3.63) is 29.3 Å². The molecule has 29 heavy (non-hydrogen) atoms. The van der Waals surface area contributed by atoms with Crippen molar-refractivity contribution in [1.29, 1.82) is 0 Å². The van der Waals surface area contributed by atoms with E-state index in [-0.39, 0.29) is 29.7 Å². The number of carbonyl (C=O) groups excluding carboxylic acids is 3. The lowest BCUT2D eigenvalue weighted by atomic mass is 10.0. The van der Waals surface area contributed by atoms with E-state index in [1.807, 2.05) is 12.1 Å². The summed E-state index contributed by atoms with van der Waals surface area (Å²) in [5.74, 6) is -0.726. The van der Waals surface area contributed by atoms with Gasteiger partial charge in [0.1, 0.15) is 6.04 Å². The third-order valence-corrected chi connectivity index (χ3v) is 6.94. The lowest BCUT2D eigenvalue weighted by Crippen LogP contribution is -2.53. The number of hydrogen-bond acceptors (Lipinski definition) is 5. The van der Waals surface area contributed by atoms with Gasteiger partial charge in [-0.15, -0.1) is 0 Å². The van der Waals surface area contributed by atoms with Crippen LogP contribution in [0.15, 0.2) is 18.2 Å². The Labute approximate surface area is 171 Å². The third-order valence-electron chi connectivity index (χ3n) is 6.94. The topological polar surface area (TPSA) is 73.0 Å². The number of nitrogens with zero attached hydrogens (tertiary/aromatic N) is 3. The first-order valence-corrected chi connectivity index (χ1v) is 10.5. The Morgan fingerprint density at radius 3 is 2.48 bits per heavy atom. The molecule has 0 aliphatic carbocycles. The molecule has 2 bridgehead atoms. The summed E-state index contributed by atoms with van der Waals surface area (Å²) in [4.78, 5) is 43.2. The number of rotatable bonds is 2. The van der Waals surface area contributed by atoms with E-state index in [1.54, 1.807) is 4.90 Å². The first-order valence-electron chi connectivity index (χ1n) is 10.5. The van der Waals surface area contributed by atoms with Gasteiger partial charge in [0.05, 0.1) is 0 Å². The normalized spacial score (nSPS) is 29.6. The second-order valence-electron chi connectivity index (χ2n) is 9.76. The minimum Gasteiger partial charge on any atom is -0.366 e. The highest BCUT2D eigenvalue weighted by Crippen LogP contribution is 2.39. The van der Waals surface area contributed by atoms with Gasteiger partial charge in [0.25, 0.3) is 5.91 Å². The summed E-state index contributed by atoms with van der Waals surface area (Å²) in [5, 5.41) is 2.36.